The van der Waals surface area contributed by atoms with Gasteiger partial charge < -0.3 is 19.9 Å². The first-order valence-corrected chi connectivity index (χ1v) is 9.41. The highest BCUT2D eigenvalue weighted by Gasteiger charge is 2.23. The number of nitrogens with zero attached hydrogens (tertiary/aromatic N) is 4. The lowest BCUT2D eigenvalue weighted by molar-refractivity contribution is 0.0944. The molecule has 1 N–H and O–H groups in total. The van der Waals surface area contributed by atoms with Gasteiger partial charge in [0.1, 0.15) is 0 Å². The van der Waals surface area contributed by atoms with Crippen LogP contribution in [0.4, 0.5) is 10.6 Å². The molecular weight excluding hydrogens is 358 g/mol. The van der Waals surface area contributed by atoms with Gasteiger partial charge in [0, 0.05) is 32.7 Å². The van der Waals surface area contributed by atoms with E-state index >= 15 is 0 Å². The topological polar surface area (TPSA) is 87.7 Å². The minimum absolute atomic E-state index is 0.258. The van der Waals surface area contributed by atoms with Gasteiger partial charge in [0.05, 0.1) is 6.61 Å². The van der Waals surface area contributed by atoms with Crippen molar-refractivity contribution < 1.29 is 14.3 Å². The molecule has 0 unspecified atom stereocenters. The molecule has 0 aliphatic carbocycles. The zero-order chi connectivity index (χ0) is 19.9. The van der Waals surface area contributed by atoms with Gasteiger partial charge in [-0.2, -0.15) is 0 Å². The molecule has 8 heteroatoms. The van der Waals surface area contributed by atoms with E-state index in [0.29, 0.717) is 45.1 Å². The van der Waals surface area contributed by atoms with Crippen LogP contribution in [0.15, 0.2) is 36.4 Å². The van der Waals surface area contributed by atoms with Gasteiger partial charge >= 0.3 is 6.09 Å². The highest BCUT2D eigenvalue weighted by Crippen LogP contribution is 2.13. The summed E-state index contributed by atoms with van der Waals surface area (Å²) in [6.07, 6.45) is -0.283. The molecule has 1 fully saturated rings. The van der Waals surface area contributed by atoms with E-state index in [-0.39, 0.29) is 17.7 Å². The van der Waals surface area contributed by atoms with Gasteiger partial charge in [-0.1, -0.05) is 29.8 Å². The van der Waals surface area contributed by atoms with E-state index < -0.39 is 0 Å². The summed E-state index contributed by atoms with van der Waals surface area (Å²) < 4.78 is 5.02. The molecule has 1 aliphatic heterocycles. The van der Waals surface area contributed by atoms with Crippen molar-refractivity contribution in [2.75, 3.05) is 37.7 Å². The van der Waals surface area contributed by atoms with Crippen LogP contribution in [0.2, 0.25) is 0 Å². The maximum absolute atomic E-state index is 12.3. The second kappa shape index (κ2) is 9.16. The Balaban J connectivity index is 1.51. The Labute approximate surface area is 164 Å². The molecule has 1 aliphatic rings. The molecule has 2 aromatic rings. The number of amides is 2. The SMILES string of the molecule is CCOC(=O)N1CCN(c2ccc(C(=O)NCc3ccc(C)cc3)nn2)CC1. The molecule has 1 aromatic carbocycles. The van der Waals surface area contributed by atoms with Crippen molar-refractivity contribution in [1.82, 2.24) is 20.4 Å². The number of ether oxygens (including phenoxy) is 1. The minimum Gasteiger partial charge on any atom is -0.450 e. The quantitative estimate of drug-likeness (QED) is 0.850. The van der Waals surface area contributed by atoms with Crippen molar-refractivity contribution in [2.45, 2.75) is 20.4 Å². The van der Waals surface area contributed by atoms with E-state index in [1.165, 1.54) is 5.56 Å². The molecule has 148 valence electrons. The first-order chi connectivity index (χ1) is 13.6. The molecule has 2 amide bonds. The van der Waals surface area contributed by atoms with Gasteiger partial charge in [0.15, 0.2) is 11.5 Å². The fourth-order valence-electron chi connectivity index (χ4n) is 2.93. The molecule has 28 heavy (non-hydrogen) atoms. The van der Waals surface area contributed by atoms with Crippen LogP contribution in [0.25, 0.3) is 0 Å². The Kier molecular flexibility index (Phi) is 6.41. The maximum Gasteiger partial charge on any atom is 0.409 e. The van der Waals surface area contributed by atoms with Gasteiger partial charge in [0.2, 0.25) is 0 Å². The third-order valence-corrected chi connectivity index (χ3v) is 4.59. The highest BCUT2D eigenvalue weighted by atomic mass is 16.6. The molecule has 3 rings (SSSR count). The van der Waals surface area contributed by atoms with E-state index in [9.17, 15) is 9.59 Å². The van der Waals surface area contributed by atoms with E-state index in [1.807, 2.05) is 36.1 Å². The molecule has 0 spiro atoms. The number of piperazine rings is 1. The number of hydrogen-bond acceptors (Lipinski definition) is 6. The first kappa shape index (κ1) is 19.6. The zero-order valence-corrected chi connectivity index (χ0v) is 16.2. The minimum atomic E-state index is -0.283. The van der Waals surface area contributed by atoms with Crippen molar-refractivity contribution in [3.63, 3.8) is 0 Å². The fraction of sp³-hybridized carbons (Fsp3) is 0.400. The highest BCUT2D eigenvalue weighted by molar-refractivity contribution is 5.92. The summed E-state index contributed by atoms with van der Waals surface area (Å²) in [6.45, 7) is 7.06. The number of nitrogens with one attached hydrogen (secondary N) is 1. The van der Waals surface area contributed by atoms with E-state index in [2.05, 4.69) is 15.5 Å². The van der Waals surface area contributed by atoms with Gasteiger partial charge in [0.25, 0.3) is 5.91 Å². The summed E-state index contributed by atoms with van der Waals surface area (Å²) >= 11 is 0. The number of carbonyl (C=O) groups is 2. The van der Waals surface area contributed by atoms with Gasteiger partial charge in [-0.3, -0.25) is 4.79 Å². The smallest absolute Gasteiger partial charge is 0.409 e. The second-order valence-electron chi connectivity index (χ2n) is 6.62. The Morgan fingerprint density at radius 3 is 2.36 bits per heavy atom. The van der Waals surface area contributed by atoms with Crippen LogP contribution in [-0.4, -0.2) is 59.9 Å². The molecule has 1 aromatic heterocycles. The number of anilines is 1. The predicted octanol–water partition coefficient (Wildman–Crippen LogP) is 1.99. The summed E-state index contributed by atoms with van der Waals surface area (Å²) in [4.78, 5) is 27.7. The lowest BCUT2D eigenvalue weighted by atomic mass is 10.1. The summed E-state index contributed by atoms with van der Waals surface area (Å²) in [5.74, 6) is 0.436. The third kappa shape index (κ3) is 4.97. The van der Waals surface area contributed by atoms with Gasteiger partial charge in [-0.15, -0.1) is 10.2 Å². The summed E-state index contributed by atoms with van der Waals surface area (Å²) in [7, 11) is 0. The zero-order valence-electron chi connectivity index (χ0n) is 16.2. The molecular formula is C20H25N5O3. The van der Waals surface area contributed by atoms with Crippen molar-refractivity contribution in [3.8, 4) is 0 Å². The van der Waals surface area contributed by atoms with Crippen LogP contribution in [0.3, 0.4) is 0 Å². The van der Waals surface area contributed by atoms with E-state index in [4.69, 9.17) is 4.74 Å². The van der Waals surface area contributed by atoms with Crippen LogP contribution in [0.5, 0.6) is 0 Å². The second-order valence-corrected chi connectivity index (χ2v) is 6.62. The van der Waals surface area contributed by atoms with Crippen molar-refractivity contribution in [3.05, 3.63) is 53.2 Å². The summed E-state index contributed by atoms with van der Waals surface area (Å²) in [6, 6.07) is 11.5. The lowest BCUT2D eigenvalue weighted by Gasteiger charge is -2.34. The monoisotopic (exact) mass is 383 g/mol. The molecule has 0 bridgehead atoms. The van der Waals surface area contributed by atoms with Gasteiger partial charge in [-0.05, 0) is 31.5 Å². The Bertz CT molecular complexity index is 800. The van der Waals surface area contributed by atoms with Crippen molar-refractivity contribution >= 4 is 17.8 Å². The molecule has 0 radical (unpaired) electrons. The normalized spacial score (nSPS) is 13.9. The van der Waals surface area contributed by atoms with E-state index in [0.717, 1.165) is 5.56 Å². The van der Waals surface area contributed by atoms with Crippen molar-refractivity contribution in [1.29, 1.82) is 0 Å². The predicted molar refractivity (Wildman–Crippen MR) is 105 cm³/mol. The number of carbonyl (C=O) groups excluding carboxylic acids is 2. The summed E-state index contributed by atoms with van der Waals surface area (Å²) in [5.41, 5.74) is 2.49. The fourth-order valence-corrected chi connectivity index (χ4v) is 2.93. The Hall–Kier alpha value is -3.16. The van der Waals surface area contributed by atoms with Crippen LogP contribution in [0, 0.1) is 6.92 Å². The number of benzene rings is 1. The average Bonchev–Trinajstić information content (AvgIpc) is 2.73. The molecule has 1 saturated heterocycles. The van der Waals surface area contributed by atoms with Crippen molar-refractivity contribution in [2.24, 2.45) is 0 Å². The number of hydrogen-bond donors (Lipinski definition) is 1. The largest absolute Gasteiger partial charge is 0.450 e. The van der Waals surface area contributed by atoms with Gasteiger partial charge in [-0.25, -0.2) is 4.79 Å². The Morgan fingerprint density at radius 1 is 1.04 bits per heavy atom. The number of rotatable bonds is 5. The third-order valence-electron chi connectivity index (χ3n) is 4.59. The average molecular weight is 383 g/mol. The maximum atomic E-state index is 12.3. The molecule has 0 atom stereocenters. The van der Waals surface area contributed by atoms with Crippen LogP contribution in [-0.2, 0) is 11.3 Å². The number of aromatic nitrogens is 2. The Morgan fingerprint density at radius 2 is 1.75 bits per heavy atom. The van der Waals surface area contributed by atoms with E-state index in [1.54, 1.807) is 24.0 Å². The first-order valence-electron chi connectivity index (χ1n) is 9.41. The summed E-state index contributed by atoms with van der Waals surface area (Å²) in [5, 5.41) is 11.1. The van der Waals surface area contributed by atoms with Crippen LogP contribution >= 0.6 is 0 Å². The number of aryl methyl sites for hydroxylation is 1. The van der Waals surface area contributed by atoms with Crippen LogP contribution < -0.4 is 10.2 Å². The molecule has 2 heterocycles. The molecule has 0 saturated carbocycles. The standard InChI is InChI=1S/C20H25N5O3/c1-3-28-20(27)25-12-10-24(11-13-25)18-9-8-17(22-23-18)19(26)21-14-16-6-4-15(2)5-7-16/h4-9H,3,10-14H2,1-2H3,(H,21,26). The molecule has 8 nitrogen and oxygen atoms in total. The van der Waals surface area contributed by atoms with Crippen LogP contribution in [0.1, 0.15) is 28.5 Å². The lowest BCUT2D eigenvalue weighted by Crippen LogP contribution is -2.49.